The van der Waals surface area contributed by atoms with Crippen molar-refractivity contribution >= 4 is 16.9 Å². The smallest absolute Gasteiger partial charge is 0.312 e. The Bertz CT molecular complexity index is 1500. The average molecular weight is 474 g/mol. The lowest BCUT2D eigenvalue weighted by Crippen LogP contribution is -2.22. The highest BCUT2D eigenvalue weighted by Crippen LogP contribution is 2.49. The molecule has 0 spiro atoms. The minimum atomic E-state index is -0.613. The van der Waals surface area contributed by atoms with Crippen molar-refractivity contribution in [3.05, 3.63) is 75.9 Å². The lowest BCUT2D eigenvalue weighted by Gasteiger charge is -2.27. The van der Waals surface area contributed by atoms with Crippen molar-refractivity contribution in [3.63, 3.8) is 0 Å². The molecule has 3 aromatic carbocycles. The predicted octanol–water partition coefficient (Wildman–Crippen LogP) is 4.63. The van der Waals surface area contributed by atoms with E-state index in [9.17, 15) is 14.7 Å². The first kappa shape index (κ1) is 22.3. The number of phenols is 1. The second kappa shape index (κ2) is 8.72. The fraction of sp³-hybridized carbons (Fsp3) is 0.185. The van der Waals surface area contributed by atoms with Gasteiger partial charge in [-0.3, -0.25) is 9.59 Å². The Morgan fingerprint density at radius 3 is 2.26 bits per heavy atom. The van der Waals surface area contributed by atoms with Crippen molar-refractivity contribution < 1.29 is 33.3 Å². The molecule has 0 aliphatic carbocycles. The molecule has 1 N–H and O–H groups in total. The zero-order chi connectivity index (χ0) is 24.7. The van der Waals surface area contributed by atoms with Crippen LogP contribution >= 0.6 is 0 Å². The van der Waals surface area contributed by atoms with E-state index in [1.165, 1.54) is 33.5 Å². The lowest BCUT2D eigenvalue weighted by atomic mass is 9.84. The van der Waals surface area contributed by atoms with Crippen molar-refractivity contribution in [2.24, 2.45) is 0 Å². The molecule has 1 atom stereocenters. The van der Waals surface area contributed by atoms with Crippen LogP contribution in [0.15, 0.2) is 63.8 Å². The third kappa shape index (κ3) is 3.73. The second-order valence-electron chi connectivity index (χ2n) is 8.03. The summed E-state index contributed by atoms with van der Waals surface area (Å²) in [5.74, 6) is 0.347. The number of methoxy groups -OCH3 is 3. The molecule has 178 valence electrons. The van der Waals surface area contributed by atoms with Crippen molar-refractivity contribution in [2.75, 3.05) is 21.3 Å². The van der Waals surface area contributed by atoms with Crippen LogP contribution in [-0.2, 0) is 4.79 Å². The highest BCUT2D eigenvalue weighted by atomic mass is 16.5. The van der Waals surface area contributed by atoms with Crippen LogP contribution in [-0.4, -0.2) is 32.4 Å². The zero-order valence-electron chi connectivity index (χ0n) is 19.3. The number of esters is 1. The number of phenolic OH excluding ortho intramolecular Hbond substituents is 1. The molecule has 1 unspecified atom stereocenters. The van der Waals surface area contributed by atoms with Crippen LogP contribution in [0.3, 0.4) is 0 Å². The number of rotatable bonds is 5. The predicted molar refractivity (Wildman–Crippen MR) is 128 cm³/mol. The molecule has 0 amide bonds. The summed E-state index contributed by atoms with van der Waals surface area (Å²) in [6.45, 7) is 0. The Hall–Kier alpha value is -4.46. The monoisotopic (exact) mass is 474 g/mol. The molecule has 5 rings (SSSR count). The Balaban J connectivity index is 1.84. The molecule has 2 heterocycles. The first-order valence-electron chi connectivity index (χ1n) is 10.8. The summed E-state index contributed by atoms with van der Waals surface area (Å²) in [5, 5.41) is 10.7. The van der Waals surface area contributed by atoms with Gasteiger partial charge in [-0.25, -0.2) is 0 Å². The fourth-order valence-electron chi connectivity index (χ4n) is 4.49. The molecule has 0 fully saturated rings. The van der Waals surface area contributed by atoms with Gasteiger partial charge in [-0.1, -0.05) is 30.3 Å². The first-order chi connectivity index (χ1) is 16.9. The number of benzene rings is 3. The molecule has 0 saturated carbocycles. The number of ether oxygens (including phenoxy) is 4. The van der Waals surface area contributed by atoms with E-state index in [-0.39, 0.29) is 28.9 Å². The van der Waals surface area contributed by atoms with Crippen LogP contribution in [0.1, 0.15) is 23.5 Å². The molecule has 1 aliphatic rings. The van der Waals surface area contributed by atoms with Gasteiger partial charge in [0, 0.05) is 40.8 Å². The zero-order valence-corrected chi connectivity index (χ0v) is 19.3. The van der Waals surface area contributed by atoms with Gasteiger partial charge in [-0.2, -0.15) is 0 Å². The van der Waals surface area contributed by atoms with E-state index in [4.69, 9.17) is 23.4 Å². The van der Waals surface area contributed by atoms with Crippen molar-refractivity contribution in [3.8, 4) is 40.1 Å². The van der Waals surface area contributed by atoms with Gasteiger partial charge in [0.15, 0.2) is 16.9 Å². The van der Waals surface area contributed by atoms with Gasteiger partial charge < -0.3 is 28.5 Å². The molecule has 4 aromatic rings. The topological polar surface area (TPSA) is 104 Å². The van der Waals surface area contributed by atoms with Crippen LogP contribution in [0.5, 0.6) is 28.7 Å². The average Bonchev–Trinajstić information content (AvgIpc) is 2.87. The number of carbonyl (C=O) groups excluding carboxylic acids is 1. The summed E-state index contributed by atoms with van der Waals surface area (Å²) in [6.07, 6.45) is -0.0437. The lowest BCUT2D eigenvalue weighted by molar-refractivity contribution is -0.135. The quantitative estimate of drug-likeness (QED) is 0.330. The minimum absolute atomic E-state index is 0.00539. The second-order valence-corrected chi connectivity index (χ2v) is 8.03. The van der Waals surface area contributed by atoms with Gasteiger partial charge in [-0.05, 0) is 6.07 Å². The number of aromatic hydroxyl groups is 1. The van der Waals surface area contributed by atoms with E-state index in [0.717, 1.165) is 0 Å². The summed E-state index contributed by atoms with van der Waals surface area (Å²) >= 11 is 0. The summed E-state index contributed by atoms with van der Waals surface area (Å²) in [4.78, 5) is 25.7. The molecule has 0 saturated heterocycles. The van der Waals surface area contributed by atoms with Crippen LogP contribution in [0.2, 0.25) is 0 Å². The van der Waals surface area contributed by atoms with Gasteiger partial charge >= 0.3 is 5.97 Å². The largest absolute Gasteiger partial charge is 0.507 e. The SMILES string of the molecule is COc1cc(OC)c(C2CC(=O)Oc3cc(O)c4c(=O)cc(-c5ccccc5)oc4c32)cc1OC. The number of carbonyl (C=O) groups is 1. The van der Waals surface area contributed by atoms with E-state index in [1.807, 2.05) is 30.3 Å². The van der Waals surface area contributed by atoms with Gasteiger partial charge in [0.2, 0.25) is 0 Å². The standard InChI is InChI=1S/C27H22O8/c1-31-20-13-22(33-3)21(32-2)9-15(20)16-10-24(30)34-23-12-18(29)26-17(28)11-19(35-27(26)25(16)23)14-7-5-4-6-8-14/h4-9,11-13,16,29H,10H2,1-3H3. The normalized spacial score (nSPS) is 14.8. The molecule has 0 radical (unpaired) electrons. The van der Waals surface area contributed by atoms with Crippen LogP contribution in [0, 0.1) is 0 Å². The molecule has 0 bridgehead atoms. The maximum absolute atomic E-state index is 13.1. The molecular formula is C27H22O8. The van der Waals surface area contributed by atoms with Crippen molar-refractivity contribution in [1.82, 2.24) is 0 Å². The highest BCUT2D eigenvalue weighted by molar-refractivity contribution is 5.93. The number of hydrogen-bond acceptors (Lipinski definition) is 8. The molecular weight excluding hydrogens is 452 g/mol. The molecule has 1 aromatic heterocycles. The number of fused-ring (bicyclic) bond motifs is 3. The third-order valence-electron chi connectivity index (χ3n) is 6.09. The van der Waals surface area contributed by atoms with E-state index in [2.05, 4.69) is 0 Å². The molecule has 1 aliphatic heterocycles. The van der Waals surface area contributed by atoms with Crippen molar-refractivity contribution in [2.45, 2.75) is 12.3 Å². The van der Waals surface area contributed by atoms with Gasteiger partial charge in [0.25, 0.3) is 0 Å². The third-order valence-corrected chi connectivity index (χ3v) is 6.09. The van der Waals surface area contributed by atoms with Gasteiger partial charge in [0.1, 0.15) is 34.0 Å². The first-order valence-corrected chi connectivity index (χ1v) is 10.8. The summed E-state index contributed by atoms with van der Waals surface area (Å²) < 4.78 is 28.2. The Kier molecular flexibility index (Phi) is 5.56. The van der Waals surface area contributed by atoms with Crippen LogP contribution in [0.4, 0.5) is 0 Å². The van der Waals surface area contributed by atoms with E-state index in [0.29, 0.717) is 39.7 Å². The summed E-state index contributed by atoms with van der Waals surface area (Å²) in [6, 6.07) is 15.1. The van der Waals surface area contributed by atoms with E-state index < -0.39 is 17.3 Å². The van der Waals surface area contributed by atoms with Crippen LogP contribution in [0.25, 0.3) is 22.3 Å². The molecule has 35 heavy (non-hydrogen) atoms. The maximum Gasteiger partial charge on any atom is 0.312 e. The van der Waals surface area contributed by atoms with Gasteiger partial charge in [0.05, 0.1) is 27.8 Å². The maximum atomic E-state index is 13.1. The summed E-state index contributed by atoms with van der Waals surface area (Å²) in [7, 11) is 4.53. The molecule has 8 nitrogen and oxygen atoms in total. The number of hydrogen-bond donors (Lipinski definition) is 1. The Morgan fingerprint density at radius 2 is 1.57 bits per heavy atom. The molecule has 8 heteroatoms. The van der Waals surface area contributed by atoms with E-state index >= 15 is 0 Å². The fourth-order valence-corrected chi connectivity index (χ4v) is 4.49. The Morgan fingerprint density at radius 1 is 0.886 bits per heavy atom. The highest BCUT2D eigenvalue weighted by Gasteiger charge is 2.35. The van der Waals surface area contributed by atoms with Gasteiger partial charge in [-0.15, -0.1) is 0 Å². The Labute approximate surface area is 200 Å². The van der Waals surface area contributed by atoms with Crippen LogP contribution < -0.4 is 24.4 Å². The minimum Gasteiger partial charge on any atom is -0.507 e. The van der Waals surface area contributed by atoms with E-state index in [1.54, 1.807) is 12.1 Å². The summed E-state index contributed by atoms with van der Waals surface area (Å²) in [5.41, 5.74) is 1.48. The van der Waals surface area contributed by atoms with Crippen molar-refractivity contribution in [1.29, 1.82) is 0 Å².